The van der Waals surface area contributed by atoms with Gasteiger partial charge in [-0.2, -0.15) is 5.10 Å². The first kappa shape index (κ1) is 22.6. The number of fused-ring (bicyclic) bond motifs is 2. The second kappa shape index (κ2) is 10.3. The molecule has 0 atom stereocenters. The Balaban J connectivity index is 1.53. The largest absolute Gasteiger partial charge is 0.496 e. The predicted octanol–water partition coefficient (Wildman–Crippen LogP) is 4.92. The highest BCUT2D eigenvalue weighted by atomic mass is 16.5. The van der Waals surface area contributed by atoms with Crippen LogP contribution in [-0.4, -0.2) is 37.2 Å². The zero-order chi connectivity index (χ0) is 23.2. The van der Waals surface area contributed by atoms with Crippen LogP contribution in [0.15, 0.2) is 71.8 Å². The predicted molar refractivity (Wildman–Crippen MR) is 130 cm³/mol. The Morgan fingerprint density at radius 2 is 1.67 bits per heavy atom. The molecule has 33 heavy (non-hydrogen) atoms. The molecule has 1 aliphatic heterocycles. The minimum absolute atomic E-state index is 0.202. The van der Waals surface area contributed by atoms with E-state index in [0.29, 0.717) is 11.5 Å². The Morgan fingerprint density at radius 1 is 1.03 bits per heavy atom. The average molecular weight is 444 g/mol. The second-order valence-corrected chi connectivity index (χ2v) is 7.88. The van der Waals surface area contributed by atoms with E-state index < -0.39 is 5.92 Å². The van der Waals surface area contributed by atoms with E-state index in [1.54, 1.807) is 13.3 Å². The molecule has 0 bridgehead atoms. The smallest absolute Gasteiger partial charge is 0.252 e. The number of para-hydroxylation sites is 2. The molecule has 1 amide bonds. The van der Waals surface area contributed by atoms with E-state index in [4.69, 9.17) is 9.47 Å². The van der Waals surface area contributed by atoms with E-state index in [0.717, 1.165) is 47.6 Å². The van der Waals surface area contributed by atoms with Crippen molar-refractivity contribution in [2.24, 2.45) is 5.10 Å². The first-order valence-electron chi connectivity index (χ1n) is 11.2. The third-order valence-corrected chi connectivity index (χ3v) is 5.92. The van der Waals surface area contributed by atoms with Crippen molar-refractivity contribution in [3.63, 3.8) is 0 Å². The number of amides is 1. The summed E-state index contributed by atoms with van der Waals surface area (Å²) in [6, 6.07) is 21.1. The van der Waals surface area contributed by atoms with Crippen LogP contribution in [0.4, 0.5) is 0 Å². The molecule has 1 N–H and O–H groups in total. The number of benzene rings is 3. The molecule has 6 nitrogen and oxygen atoms in total. The van der Waals surface area contributed by atoms with Crippen molar-refractivity contribution >= 4 is 12.1 Å². The molecule has 0 spiro atoms. The van der Waals surface area contributed by atoms with Crippen LogP contribution < -0.4 is 14.9 Å². The van der Waals surface area contributed by atoms with Crippen LogP contribution in [0.5, 0.6) is 17.2 Å². The van der Waals surface area contributed by atoms with Crippen LogP contribution in [0.1, 0.15) is 42.0 Å². The molecule has 0 aromatic heterocycles. The highest BCUT2D eigenvalue weighted by Gasteiger charge is 2.32. The molecule has 4 rings (SSSR count). The molecule has 0 unspecified atom stereocenters. The van der Waals surface area contributed by atoms with Crippen LogP contribution in [0, 0.1) is 0 Å². The molecular formula is C27H29N3O3. The van der Waals surface area contributed by atoms with Gasteiger partial charge in [-0.25, -0.2) is 5.43 Å². The fourth-order valence-corrected chi connectivity index (χ4v) is 4.12. The van der Waals surface area contributed by atoms with Gasteiger partial charge in [0.25, 0.3) is 5.91 Å². The van der Waals surface area contributed by atoms with Gasteiger partial charge >= 0.3 is 0 Å². The first-order chi connectivity index (χ1) is 16.1. The first-order valence-corrected chi connectivity index (χ1v) is 11.2. The summed E-state index contributed by atoms with van der Waals surface area (Å²) in [5.74, 6) is 1.54. The Bertz CT molecular complexity index is 1110. The molecule has 170 valence electrons. The summed E-state index contributed by atoms with van der Waals surface area (Å²) >= 11 is 0. The summed E-state index contributed by atoms with van der Waals surface area (Å²) in [6.07, 6.45) is 1.67. The summed E-state index contributed by atoms with van der Waals surface area (Å²) in [7, 11) is 1.68. The Morgan fingerprint density at radius 3 is 2.27 bits per heavy atom. The van der Waals surface area contributed by atoms with Gasteiger partial charge in [0.05, 0.1) is 19.2 Å². The zero-order valence-electron chi connectivity index (χ0n) is 19.2. The summed E-state index contributed by atoms with van der Waals surface area (Å²) < 4.78 is 11.5. The van der Waals surface area contributed by atoms with Gasteiger partial charge in [-0.1, -0.05) is 50.2 Å². The fraction of sp³-hybridized carbons (Fsp3) is 0.259. The van der Waals surface area contributed by atoms with E-state index in [9.17, 15) is 4.79 Å². The van der Waals surface area contributed by atoms with Gasteiger partial charge in [-0.05, 0) is 49.0 Å². The summed E-state index contributed by atoms with van der Waals surface area (Å²) in [4.78, 5) is 15.5. The maximum absolute atomic E-state index is 13.2. The quantitative estimate of drug-likeness (QED) is 0.396. The van der Waals surface area contributed by atoms with Crippen molar-refractivity contribution in [2.45, 2.75) is 26.3 Å². The number of nitrogens with zero attached hydrogens (tertiary/aromatic N) is 2. The van der Waals surface area contributed by atoms with E-state index in [2.05, 4.69) is 29.3 Å². The zero-order valence-corrected chi connectivity index (χ0v) is 19.2. The van der Waals surface area contributed by atoms with Crippen molar-refractivity contribution < 1.29 is 14.3 Å². The van der Waals surface area contributed by atoms with Gasteiger partial charge in [0, 0.05) is 23.2 Å². The third-order valence-electron chi connectivity index (χ3n) is 5.92. The topological polar surface area (TPSA) is 63.2 Å². The number of nitrogens with one attached hydrogen (secondary N) is 1. The van der Waals surface area contributed by atoms with E-state index in [1.807, 2.05) is 66.7 Å². The Labute approximate surface area is 194 Å². The lowest BCUT2D eigenvalue weighted by Gasteiger charge is -2.26. The van der Waals surface area contributed by atoms with E-state index >= 15 is 0 Å². The van der Waals surface area contributed by atoms with Gasteiger partial charge in [-0.15, -0.1) is 0 Å². The molecular weight excluding hydrogens is 414 g/mol. The lowest BCUT2D eigenvalue weighted by Crippen LogP contribution is -2.28. The average Bonchev–Trinajstić information content (AvgIpc) is 2.85. The van der Waals surface area contributed by atoms with Crippen LogP contribution in [0.3, 0.4) is 0 Å². The molecule has 0 radical (unpaired) electrons. The molecule has 0 saturated carbocycles. The maximum atomic E-state index is 13.2. The molecule has 3 aromatic carbocycles. The second-order valence-electron chi connectivity index (χ2n) is 7.88. The standard InChI is InChI=1S/C27H29N3O3/c1-4-30(5-2)18-20-16-19(14-15-23(20)32-3)17-28-29-27(31)26-21-10-6-8-12-24(21)33-25-13-9-7-11-22(25)26/h6-17,26H,4-5,18H2,1-3H3,(H,29,31)/b28-17+. The number of hydrogen-bond acceptors (Lipinski definition) is 5. The molecule has 0 fully saturated rings. The number of rotatable bonds is 8. The van der Waals surface area contributed by atoms with Crippen molar-refractivity contribution in [1.82, 2.24) is 10.3 Å². The van der Waals surface area contributed by atoms with Gasteiger partial charge in [-0.3, -0.25) is 9.69 Å². The number of carbonyl (C=O) groups is 1. The highest BCUT2D eigenvalue weighted by molar-refractivity contribution is 5.90. The third kappa shape index (κ3) is 4.91. The molecule has 3 aromatic rings. The Hall–Kier alpha value is -3.64. The van der Waals surface area contributed by atoms with Crippen LogP contribution in [-0.2, 0) is 11.3 Å². The maximum Gasteiger partial charge on any atom is 0.252 e. The van der Waals surface area contributed by atoms with Crippen LogP contribution in [0.2, 0.25) is 0 Å². The van der Waals surface area contributed by atoms with Crippen LogP contribution in [0.25, 0.3) is 0 Å². The van der Waals surface area contributed by atoms with Crippen molar-refractivity contribution in [3.8, 4) is 17.2 Å². The lowest BCUT2D eigenvalue weighted by molar-refractivity contribution is -0.121. The van der Waals surface area contributed by atoms with E-state index in [1.165, 1.54) is 0 Å². The molecule has 0 saturated heterocycles. The summed E-state index contributed by atoms with van der Waals surface area (Å²) in [5.41, 5.74) is 6.37. The van der Waals surface area contributed by atoms with Gasteiger partial charge in [0.15, 0.2) is 0 Å². The Kier molecular flexibility index (Phi) is 7.05. The van der Waals surface area contributed by atoms with Gasteiger partial charge in [0.2, 0.25) is 0 Å². The highest BCUT2D eigenvalue weighted by Crippen LogP contribution is 2.43. The van der Waals surface area contributed by atoms with Crippen LogP contribution >= 0.6 is 0 Å². The van der Waals surface area contributed by atoms with Gasteiger partial charge in [0.1, 0.15) is 17.2 Å². The van der Waals surface area contributed by atoms with Crippen molar-refractivity contribution in [3.05, 3.63) is 89.0 Å². The van der Waals surface area contributed by atoms with Gasteiger partial charge < -0.3 is 9.47 Å². The van der Waals surface area contributed by atoms with Crippen molar-refractivity contribution in [2.75, 3.05) is 20.2 Å². The molecule has 0 aliphatic carbocycles. The number of methoxy groups -OCH3 is 1. The number of carbonyl (C=O) groups excluding carboxylic acids is 1. The monoisotopic (exact) mass is 443 g/mol. The number of hydrazone groups is 1. The SMILES string of the molecule is CCN(CC)Cc1cc(/C=N/NC(=O)C2c3ccccc3Oc3ccccc32)ccc1OC. The molecule has 6 heteroatoms. The molecule has 1 heterocycles. The number of ether oxygens (including phenoxy) is 2. The fourth-order valence-electron chi connectivity index (χ4n) is 4.12. The normalized spacial score (nSPS) is 12.8. The minimum atomic E-state index is -0.489. The summed E-state index contributed by atoms with van der Waals surface area (Å²) in [6.45, 7) is 7.00. The molecule has 1 aliphatic rings. The number of hydrogen-bond donors (Lipinski definition) is 1. The minimum Gasteiger partial charge on any atom is -0.496 e. The van der Waals surface area contributed by atoms with E-state index in [-0.39, 0.29) is 5.91 Å². The lowest BCUT2D eigenvalue weighted by atomic mass is 9.87. The van der Waals surface area contributed by atoms with Crippen molar-refractivity contribution in [1.29, 1.82) is 0 Å². The summed E-state index contributed by atoms with van der Waals surface area (Å²) in [5, 5.41) is 4.26.